The zero-order valence-corrected chi connectivity index (χ0v) is 9.43. The van der Waals surface area contributed by atoms with Crippen LogP contribution in [0.5, 0.6) is 0 Å². The molecule has 3 nitrogen and oxygen atoms in total. The summed E-state index contributed by atoms with van der Waals surface area (Å²) in [5, 5.41) is 1.10. The maximum atomic E-state index is 5.86. The van der Waals surface area contributed by atoms with Gasteiger partial charge in [-0.15, -0.1) is 11.3 Å². The minimum atomic E-state index is 0.0858. The fourth-order valence-corrected chi connectivity index (χ4v) is 2.87. The van der Waals surface area contributed by atoms with Crippen LogP contribution in [0.25, 0.3) is 0 Å². The lowest BCUT2D eigenvalue weighted by molar-refractivity contribution is 0.111. The van der Waals surface area contributed by atoms with Crippen molar-refractivity contribution in [2.24, 2.45) is 5.73 Å². The highest BCUT2D eigenvalue weighted by Crippen LogP contribution is 2.34. The van der Waals surface area contributed by atoms with Crippen molar-refractivity contribution in [3.8, 4) is 0 Å². The molecule has 14 heavy (non-hydrogen) atoms. The second-order valence-electron chi connectivity index (χ2n) is 3.79. The van der Waals surface area contributed by atoms with Crippen LogP contribution in [0.2, 0.25) is 0 Å². The van der Waals surface area contributed by atoms with Crippen LogP contribution in [0, 0.1) is 6.92 Å². The monoisotopic (exact) mass is 212 g/mol. The number of nitrogens with zero attached hydrogens (tertiary/aromatic N) is 1. The predicted octanol–water partition coefficient (Wildman–Crippen LogP) is 2.32. The molecule has 1 aromatic heterocycles. The van der Waals surface area contributed by atoms with E-state index in [1.807, 2.05) is 13.8 Å². The molecule has 0 amide bonds. The van der Waals surface area contributed by atoms with Crippen molar-refractivity contribution < 1.29 is 4.74 Å². The maximum Gasteiger partial charge on any atom is 0.122 e. The number of aromatic nitrogens is 1. The Kier molecular flexibility index (Phi) is 2.85. The highest BCUT2D eigenvalue weighted by atomic mass is 32.1. The minimum absolute atomic E-state index is 0.0858. The van der Waals surface area contributed by atoms with Crippen molar-refractivity contribution in [3.63, 3.8) is 0 Å². The standard InChI is InChI=1S/C10H16N2OS/c1-6(11)9-7(2)12-10(14-9)8-4-3-5-13-8/h6,8H,3-5,11H2,1-2H3. The third kappa shape index (κ3) is 1.82. The molecule has 2 N–H and O–H groups in total. The molecule has 0 saturated carbocycles. The van der Waals surface area contributed by atoms with E-state index >= 15 is 0 Å². The van der Waals surface area contributed by atoms with Gasteiger partial charge in [0.2, 0.25) is 0 Å². The topological polar surface area (TPSA) is 48.1 Å². The van der Waals surface area contributed by atoms with E-state index in [-0.39, 0.29) is 12.1 Å². The van der Waals surface area contributed by atoms with Gasteiger partial charge in [0.1, 0.15) is 11.1 Å². The van der Waals surface area contributed by atoms with Gasteiger partial charge in [-0.1, -0.05) is 0 Å². The molecule has 0 aliphatic carbocycles. The van der Waals surface area contributed by atoms with Gasteiger partial charge in [-0.25, -0.2) is 4.98 Å². The van der Waals surface area contributed by atoms with Gasteiger partial charge < -0.3 is 10.5 Å². The average molecular weight is 212 g/mol. The Morgan fingerprint density at radius 3 is 2.93 bits per heavy atom. The van der Waals surface area contributed by atoms with Crippen LogP contribution in [0.4, 0.5) is 0 Å². The SMILES string of the molecule is Cc1nc(C2CCCO2)sc1C(C)N. The lowest BCUT2D eigenvalue weighted by Crippen LogP contribution is -2.03. The Morgan fingerprint density at radius 1 is 1.64 bits per heavy atom. The summed E-state index contributed by atoms with van der Waals surface area (Å²) < 4.78 is 5.59. The number of hydrogen-bond donors (Lipinski definition) is 1. The fraction of sp³-hybridized carbons (Fsp3) is 0.700. The highest BCUT2D eigenvalue weighted by molar-refractivity contribution is 7.11. The van der Waals surface area contributed by atoms with E-state index in [0.717, 1.165) is 30.2 Å². The normalized spacial score (nSPS) is 24.1. The van der Waals surface area contributed by atoms with E-state index in [9.17, 15) is 0 Å². The van der Waals surface area contributed by atoms with Crippen LogP contribution in [-0.2, 0) is 4.74 Å². The van der Waals surface area contributed by atoms with Crippen LogP contribution in [-0.4, -0.2) is 11.6 Å². The van der Waals surface area contributed by atoms with Gasteiger partial charge in [0, 0.05) is 17.5 Å². The van der Waals surface area contributed by atoms with Crippen molar-refractivity contribution in [3.05, 3.63) is 15.6 Å². The van der Waals surface area contributed by atoms with Crippen LogP contribution in [0.15, 0.2) is 0 Å². The summed E-state index contributed by atoms with van der Waals surface area (Å²) in [5.74, 6) is 0. The lowest BCUT2D eigenvalue weighted by atomic mass is 10.2. The quantitative estimate of drug-likeness (QED) is 0.818. The maximum absolute atomic E-state index is 5.86. The minimum Gasteiger partial charge on any atom is -0.371 e. The summed E-state index contributed by atoms with van der Waals surface area (Å²) >= 11 is 1.70. The first-order valence-corrected chi connectivity index (χ1v) is 5.84. The van der Waals surface area contributed by atoms with E-state index in [4.69, 9.17) is 10.5 Å². The predicted molar refractivity (Wildman–Crippen MR) is 57.4 cm³/mol. The van der Waals surface area contributed by atoms with Crippen molar-refractivity contribution in [2.75, 3.05) is 6.61 Å². The summed E-state index contributed by atoms with van der Waals surface area (Å²) in [7, 11) is 0. The fourth-order valence-electron chi connectivity index (χ4n) is 1.76. The molecule has 2 unspecified atom stereocenters. The van der Waals surface area contributed by atoms with E-state index < -0.39 is 0 Å². The highest BCUT2D eigenvalue weighted by Gasteiger charge is 2.22. The Labute approximate surface area is 88.3 Å². The van der Waals surface area contributed by atoms with E-state index in [1.54, 1.807) is 11.3 Å². The van der Waals surface area contributed by atoms with Crippen LogP contribution >= 0.6 is 11.3 Å². The third-order valence-corrected chi connectivity index (χ3v) is 3.92. The Bertz CT molecular complexity index is 316. The molecule has 0 radical (unpaired) electrons. The molecular formula is C10H16N2OS. The molecule has 0 bridgehead atoms. The Hall–Kier alpha value is -0.450. The van der Waals surface area contributed by atoms with Gasteiger partial charge in [0.25, 0.3) is 0 Å². The Morgan fingerprint density at radius 2 is 2.43 bits per heavy atom. The first-order chi connectivity index (χ1) is 6.68. The first kappa shape index (κ1) is 10.1. The number of ether oxygens (including phenoxy) is 1. The summed E-state index contributed by atoms with van der Waals surface area (Å²) in [6.45, 7) is 4.89. The van der Waals surface area contributed by atoms with Crippen molar-refractivity contribution in [2.45, 2.75) is 38.8 Å². The second kappa shape index (κ2) is 3.96. The molecule has 1 aromatic rings. The van der Waals surface area contributed by atoms with Crippen LogP contribution in [0.1, 0.15) is 47.5 Å². The summed E-state index contributed by atoms with van der Waals surface area (Å²) in [4.78, 5) is 5.72. The number of rotatable bonds is 2. The molecular weight excluding hydrogens is 196 g/mol. The van der Waals surface area contributed by atoms with Gasteiger partial charge in [-0.2, -0.15) is 0 Å². The molecule has 1 aliphatic rings. The van der Waals surface area contributed by atoms with Crippen molar-refractivity contribution in [1.82, 2.24) is 4.98 Å². The molecule has 1 saturated heterocycles. The summed E-state index contributed by atoms with van der Waals surface area (Å²) in [6.07, 6.45) is 2.48. The zero-order valence-electron chi connectivity index (χ0n) is 8.62. The molecule has 78 valence electrons. The van der Waals surface area contributed by atoms with Crippen molar-refractivity contribution >= 4 is 11.3 Å². The second-order valence-corrected chi connectivity index (χ2v) is 4.85. The molecule has 2 heterocycles. The molecule has 2 rings (SSSR count). The van der Waals surface area contributed by atoms with E-state index in [1.165, 1.54) is 4.88 Å². The van der Waals surface area contributed by atoms with Crippen molar-refractivity contribution in [1.29, 1.82) is 0 Å². The van der Waals surface area contributed by atoms with Gasteiger partial charge in [-0.3, -0.25) is 0 Å². The van der Waals surface area contributed by atoms with Gasteiger partial charge >= 0.3 is 0 Å². The zero-order chi connectivity index (χ0) is 10.1. The van der Waals surface area contributed by atoms with Gasteiger partial charge in [-0.05, 0) is 26.7 Å². The van der Waals surface area contributed by atoms with E-state index in [0.29, 0.717) is 0 Å². The lowest BCUT2D eigenvalue weighted by Gasteiger charge is -2.03. The molecule has 0 spiro atoms. The number of aryl methyl sites for hydroxylation is 1. The van der Waals surface area contributed by atoms with Gasteiger partial charge in [0.15, 0.2) is 0 Å². The molecule has 1 aliphatic heterocycles. The third-order valence-electron chi connectivity index (χ3n) is 2.47. The molecule has 4 heteroatoms. The van der Waals surface area contributed by atoms with Gasteiger partial charge in [0.05, 0.1) is 5.69 Å². The Balaban J connectivity index is 2.22. The van der Waals surface area contributed by atoms with Crippen LogP contribution in [0.3, 0.4) is 0 Å². The van der Waals surface area contributed by atoms with E-state index in [2.05, 4.69) is 4.98 Å². The molecule has 1 fully saturated rings. The molecule has 0 aromatic carbocycles. The number of nitrogens with two attached hydrogens (primary N) is 1. The number of hydrogen-bond acceptors (Lipinski definition) is 4. The number of thiazole rings is 1. The average Bonchev–Trinajstić information content (AvgIpc) is 2.70. The first-order valence-electron chi connectivity index (χ1n) is 5.03. The van der Waals surface area contributed by atoms with Crippen LogP contribution < -0.4 is 5.73 Å². The summed E-state index contributed by atoms with van der Waals surface area (Å²) in [6, 6.07) is 0.0858. The smallest absolute Gasteiger partial charge is 0.122 e. The largest absolute Gasteiger partial charge is 0.371 e. The molecule has 2 atom stereocenters. The summed E-state index contributed by atoms with van der Waals surface area (Å²) in [5.41, 5.74) is 6.92.